The number of benzene rings is 4. The van der Waals surface area contributed by atoms with E-state index in [4.69, 9.17) is 23.1 Å². The number of hydrogen-bond donors (Lipinski definition) is 1. The van der Waals surface area contributed by atoms with Crippen molar-refractivity contribution in [2.75, 3.05) is 13.2 Å². The second-order valence-corrected chi connectivity index (χ2v) is 24.3. The molecule has 9 heteroatoms. The van der Waals surface area contributed by atoms with E-state index in [0.29, 0.717) is 0 Å². The van der Waals surface area contributed by atoms with Gasteiger partial charge in [0.1, 0.15) is 12.2 Å². The fourth-order valence-corrected chi connectivity index (χ4v) is 17.4. The predicted molar refractivity (Wildman–Crippen MR) is 206 cm³/mol. The third kappa shape index (κ3) is 6.70. The van der Waals surface area contributed by atoms with Crippen molar-refractivity contribution in [2.45, 2.75) is 95.2 Å². The highest BCUT2D eigenvalue weighted by Crippen LogP contribution is 2.47. The third-order valence-electron chi connectivity index (χ3n) is 10.4. The summed E-state index contributed by atoms with van der Waals surface area (Å²) >= 11 is 0. The summed E-state index contributed by atoms with van der Waals surface area (Å²) in [6.07, 6.45) is -3.34. The maximum absolute atomic E-state index is 13.4. The normalized spacial score (nSPS) is 22.9. The summed E-state index contributed by atoms with van der Waals surface area (Å²) in [6, 6.07) is 41.9. The lowest BCUT2D eigenvalue weighted by molar-refractivity contribution is -0.213. The minimum absolute atomic E-state index is 0.00546. The smallest absolute Gasteiger partial charge is 0.366 e. The Bertz CT molecular complexity index is 1660. The number of carbonyl (C=O) groups excluding carboxylic acids is 1. The molecule has 270 valence electrons. The van der Waals surface area contributed by atoms with E-state index in [1.807, 2.05) is 24.3 Å². The molecule has 2 aliphatic rings. The van der Waals surface area contributed by atoms with Crippen LogP contribution >= 0.6 is 0 Å². The molecule has 0 saturated carbocycles. The maximum Gasteiger partial charge on any atom is 0.366 e. The minimum atomic E-state index is -3.19. The molecule has 0 radical (unpaired) electrons. The summed E-state index contributed by atoms with van der Waals surface area (Å²) in [4.78, 5) is 13.4. The van der Waals surface area contributed by atoms with E-state index in [0.717, 1.165) is 20.7 Å². The molecule has 0 aromatic heterocycles. The van der Waals surface area contributed by atoms with Crippen molar-refractivity contribution < 1.29 is 33.0 Å². The van der Waals surface area contributed by atoms with Crippen molar-refractivity contribution in [3.63, 3.8) is 0 Å². The van der Waals surface area contributed by atoms with Gasteiger partial charge in [-0.05, 0) is 37.7 Å². The second-order valence-electron chi connectivity index (χ2n) is 15.7. The van der Waals surface area contributed by atoms with Crippen LogP contribution in [-0.4, -0.2) is 71.1 Å². The zero-order valence-corrected chi connectivity index (χ0v) is 32.9. The summed E-state index contributed by atoms with van der Waals surface area (Å²) in [6.45, 7) is 15.5. The largest absolute Gasteiger partial charge is 0.462 e. The lowest BCUT2D eigenvalue weighted by Crippen LogP contribution is -2.71. The van der Waals surface area contributed by atoms with Gasteiger partial charge >= 0.3 is 5.97 Å². The number of aliphatic hydroxyl groups is 1. The van der Waals surface area contributed by atoms with Gasteiger partial charge in [0.25, 0.3) is 22.4 Å². The van der Waals surface area contributed by atoms with E-state index < -0.39 is 52.8 Å². The topological polar surface area (TPSA) is 83.5 Å². The maximum atomic E-state index is 13.4. The van der Waals surface area contributed by atoms with Crippen molar-refractivity contribution in [2.24, 2.45) is 0 Å². The molecular weight excluding hydrogens is 673 g/mol. The van der Waals surface area contributed by atoms with Crippen LogP contribution < -0.4 is 20.7 Å². The van der Waals surface area contributed by atoms with Gasteiger partial charge in [0.2, 0.25) is 0 Å². The number of aliphatic hydroxyl groups excluding tert-OH is 1. The van der Waals surface area contributed by atoms with E-state index in [1.165, 1.54) is 0 Å². The standard InChI is InChI=1S/C42H52O7Si2/c1-8-45-39(44)42-29-35(43)37(47-42)38(48-42)36(49-51(41(5,6)7,33-25-17-11-18-26-33)34-27-19-12-20-28-34)30-46-50(40(2,3)4,31-21-13-9-14-22-31)32-23-15-10-16-24-32/h9-28,35-38,43H,8,29-30H2,1-7H3/t35-,36-,37-,38-,42+/m1/s1. The molecule has 7 nitrogen and oxygen atoms in total. The van der Waals surface area contributed by atoms with Crippen molar-refractivity contribution >= 4 is 43.4 Å². The number of esters is 1. The second kappa shape index (κ2) is 14.5. The Labute approximate surface area is 305 Å². The van der Waals surface area contributed by atoms with Crippen LogP contribution in [0.1, 0.15) is 54.9 Å². The van der Waals surface area contributed by atoms with Gasteiger partial charge in [0.05, 0.1) is 25.4 Å². The minimum Gasteiger partial charge on any atom is -0.462 e. The van der Waals surface area contributed by atoms with E-state index in [-0.39, 0.29) is 29.7 Å². The number of carbonyl (C=O) groups is 1. The molecular formula is C42H52O7Si2. The molecule has 4 aromatic carbocycles. The first-order valence-corrected chi connectivity index (χ1v) is 21.9. The quantitative estimate of drug-likeness (QED) is 0.157. The third-order valence-corrected chi connectivity index (χ3v) is 20.5. The zero-order chi connectivity index (χ0) is 36.5. The van der Waals surface area contributed by atoms with Crippen LogP contribution in [0.5, 0.6) is 0 Å². The van der Waals surface area contributed by atoms with Gasteiger partial charge in [-0.25, -0.2) is 4.79 Å². The highest BCUT2D eigenvalue weighted by Gasteiger charge is 2.66. The van der Waals surface area contributed by atoms with Crippen LogP contribution in [0.2, 0.25) is 10.1 Å². The van der Waals surface area contributed by atoms with Gasteiger partial charge < -0.3 is 28.2 Å². The van der Waals surface area contributed by atoms with Crippen molar-refractivity contribution in [1.82, 2.24) is 0 Å². The van der Waals surface area contributed by atoms with Gasteiger partial charge in [-0.3, -0.25) is 0 Å². The van der Waals surface area contributed by atoms with E-state index >= 15 is 0 Å². The molecule has 6 rings (SSSR count). The average molecular weight is 725 g/mol. The molecule has 0 aliphatic carbocycles. The highest BCUT2D eigenvalue weighted by molar-refractivity contribution is 7.00. The Balaban J connectivity index is 1.53. The average Bonchev–Trinajstić information content (AvgIpc) is 3.67. The number of hydrogen-bond acceptors (Lipinski definition) is 7. The van der Waals surface area contributed by atoms with Crippen LogP contribution in [0.3, 0.4) is 0 Å². The SMILES string of the molecule is CCOC(=O)[C@@]12C[C@@H](O)[C@@H](O1)[C@@H]([C@@H](CO[Si](c1ccccc1)(c1ccccc1)C(C)(C)C)O[Si](c1ccccc1)(c1ccccc1)C(C)(C)C)O2. The predicted octanol–water partition coefficient (Wildman–Crippen LogP) is 5.32. The Morgan fingerprint density at radius 2 is 1.14 bits per heavy atom. The van der Waals surface area contributed by atoms with Gasteiger partial charge in [0.15, 0.2) is 0 Å². The lowest BCUT2D eigenvalue weighted by atomic mass is 9.98. The molecule has 2 saturated heterocycles. The van der Waals surface area contributed by atoms with E-state index in [1.54, 1.807) is 6.92 Å². The monoisotopic (exact) mass is 724 g/mol. The summed E-state index contributed by atoms with van der Waals surface area (Å²) < 4.78 is 33.8. The Hall–Kier alpha value is -3.42. The fourth-order valence-electron chi connectivity index (χ4n) is 8.18. The molecule has 2 heterocycles. The molecule has 0 spiro atoms. The fraction of sp³-hybridized carbons (Fsp3) is 0.405. The van der Waals surface area contributed by atoms with Gasteiger partial charge in [-0.2, -0.15) is 0 Å². The first kappa shape index (κ1) is 37.3. The summed E-state index contributed by atoms with van der Waals surface area (Å²) in [7, 11) is -6.24. The van der Waals surface area contributed by atoms with Crippen LogP contribution in [0.15, 0.2) is 121 Å². The summed E-state index contributed by atoms with van der Waals surface area (Å²) in [5.41, 5.74) is 0. The number of fused-ring (bicyclic) bond motifs is 2. The number of rotatable bonds is 12. The van der Waals surface area contributed by atoms with Crippen LogP contribution in [0.4, 0.5) is 0 Å². The molecule has 0 amide bonds. The van der Waals surface area contributed by atoms with E-state index in [2.05, 4.69) is 139 Å². The molecule has 0 unspecified atom stereocenters. The summed E-state index contributed by atoms with van der Waals surface area (Å²) in [5, 5.41) is 15.3. The molecule has 2 fully saturated rings. The van der Waals surface area contributed by atoms with Crippen LogP contribution in [0, 0.1) is 0 Å². The first-order chi connectivity index (χ1) is 24.3. The lowest BCUT2D eigenvalue weighted by Gasteiger charge is -2.48. The molecule has 51 heavy (non-hydrogen) atoms. The van der Waals surface area contributed by atoms with Crippen molar-refractivity contribution in [3.05, 3.63) is 121 Å². The molecule has 2 bridgehead atoms. The van der Waals surface area contributed by atoms with Gasteiger partial charge in [0, 0.05) is 6.42 Å². The van der Waals surface area contributed by atoms with Crippen molar-refractivity contribution in [1.29, 1.82) is 0 Å². The Kier molecular flexibility index (Phi) is 10.6. The Morgan fingerprint density at radius 3 is 1.53 bits per heavy atom. The zero-order valence-electron chi connectivity index (χ0n) is 30.9. The Morgan fingerprint density at radius 1 is 0.725 bits per heavy atom. The van der Waals surface area contributed by atoms with Gasteiger partial charge in [-0.1, -0.05) is 163 Å². The summed E-state index contributed by atoms with van der Waals surface area (Å²) in [5.74, 6) is -2.35. The van der Waals surface area contributed by atoms with Crippen molar-refractivity contribution in [3.8, 4) is 0 Å². The molecule has 1 N–H and O–H groups in total. The highest BCUT2D eigenvalue weighted by atomic mass is 28.4. The number of ether oxygens (including phenoxy) is 3. The molecule has 4 aromatic rings. The molecule has 5 atom stereocenters. The van der Waals surface area contributed by atoms with Crippen LogP contribution in [0.25, 0.3) is 0 Å². The van der Waals surface area contributed by atoms with E-state index in [9.17, 15) is 9.90 Å². The first-order valence-electron chi connectivity index (χ1n) is 18.0. The molecule has 2 aliphatic heterocycles. The van der Waals surface area contributed by atoms with Gasteiger partial charge in [-0.15, -0.1) is 0 Å². The van der Waals surface area contributed by atoms with Crippen LogP contribution in [-0.2, 0) is 27.9 Å².